The van der Waals surface area contributed by atoms with E-state index >= 15 is 0 Å². The molecule has 0 radical (unpaired) electrons. The molecule has 0 saturated carbocycles. The minimum atomic E-state index is -0.151. The quantitative estimate of drug-likeness (QED) is 0.815. The first-order valence-electron chi connectivity index (χ1n) is 9.49. The lowest BCUT2D eigenvalue weighted by Crippen LogP contribution is -2.46. The molecule has 0 N–H and O–H groups in total. The van der Waals surface area contributed by atoms with E-state index in [0.29, 0.717) is 12.7 Å². The van der Waals surface area contributed by atoms with Crippen molar-refractivity contribution in [3.05, 3.63) is 30.1 Å². The van der Waals surface area contributed by atoms with Gasteiger partial charge < -0.3 is 14.2 Å². The zero-order valence-electron chi connectivity index (χ0n) is 14.9. The van der Waals surface area contributed by atoms with E-state index in [9.17, 15) is 0 Å². The second-order valence-electron chi connectivity index (χ2n) is 7.46. The summed E-state index contributed by atoms with van der Waals surface area (Å²) in [6.45, 7) is 8.98. The van der Waals surface area contributed by atoms with Crippen molar-refractivity contribution in [2.75, 3.05) is 59.2 Å². The average Bonchev–Trinajstić information content (AvgIpc) is 2.91. The number of nitrogens with zero attached hydrogens (tertiary/aromatic N) is 3. The second kappa shape index (κ2) is 8.10. The molecule has 0 aliphatic carbocycles. The predicted molar refractivity (Wildman–Crippen MR) is 94.4 cm³/mol. The number of rotatable bonds is 4. The maximum absolute atomic E-state index is 6.57. The van der Waals surface area contributed by atoms with Crippen LogP contribution in [0, 0.1) is 0 Å². The fourth-order valence-corrected chi connectivity index (χ4v) is 4.16. The number of hydrogen-bond acceptors (Lipinski definition) is 6. The molecule has 1 spiro atoms. The lowest BCUT2D eigenvalue weighted by Gasteiger charge is -2.33. The van der Waals surface area contributed by atoms with Crippen LogP contribution >= 0.6 is 0 Å². The van der Waals surface area contributed by atoms with Gasteiger partial charge in [-0.2, -0.15) is 0 Å². The van der Waals surface area contributed by atoms with Crippen molar-refractivity contribution in [3.63, 3.8) is 0 Å². The predicted octanol–water partition coefficient (Wildman–Crippen LogP) is 1.16. The standard InChI is InChI=1S/C19H29N3O3/c1-2-6-20-17(3-1)13-22-9-12-24-16-19(15-22)5-4-18(25-19)14-21-7-10-23-11-8-21/h1-3,6,18H,4-5,7-16H2/t18-,19+/m1/s1. The largest absolute Gasteiger partial charge is 0.379 e. The Hall–Kier alpha value is -1.05. The van der Waals surface area contributed by atoms with Gasteiger partial charge in [-0.1, -0.05) is 6.07 Å². The van der Waals surface area contributed by atoms with Crippen molar-refractivity contribution < 1.29 is 14.2 Å². The lowest BCUT2D eigenvalue weighted by atomic mass is 10.00. The number of morpholine rings is 1. The third kappa shape index (κ3) is 4.57. The van der Waals surface area contributed by atoms with Crippen LogP contribution in [0.1, 0.15) is 18.5 Å². The van der Waals surface area contributed by atoms with E-state index in [2.05, 4.69) is 26.9 Å². The third-order valence-corrected chi connectivity index (χ3v) is 5.44. The number of ether oxygens (including phenoxy) is 3. The Balaban J connectivity index is 1.35. The Morgan fingerprint density at radius 2 is 1.92 bits per heavy atom. The number of aromatic nitrogens is 1. The highest BCUT2D eigenvalue weighted by Gasteiger charge is 2.43. The fourth-order valence-electron chi connectivity index (χ4n) is 4.16. The van der Waals surface area contributed by atoms with E-state index < -0.39 is 0 Å². The van der Waals surface area contributed by atoms with Gasteiger partial charge in [0.15, 0.2) is 0 Å². The van der Waals surface area contributed by atoms with Crippen molar-refractivity contribution in [2.45, 2.75) is 31.1 Å². The zero-order chi connectivity index (χ0) is 17.0. The van der Waals surface area contributed by atoms with Crippen LogP contribution in [0.25, 0.3) is 0 Å². The summed E-state index contributed by atoms with van der Waals surface area (Å²) in [4.78, 5) is 9.37. The van der Waals surface area contributed by atoms with Crippen LogP contribution in [0.4, 0.5) is 0 Å². The van der Waals surface area contributed by atoms with E-state index in [0.717, 1.165) is 77.6 Å². The Bertz CT molecular complexity index is 538. The van der Waals surface area contributed by atoms with E-state index in [1.807, 2.05) is 12.3 Å². The summed E-state index contributed by atoms with van der Waals surface area (Å²) in [5.41, 5.74) is 0.963. The maximum Gasteiger partial charge on any atom is 0.105 e. The van der Waals surface area contributed by atoms with Crippen LogP contribution in [0.5, 0.6) is 0 Å². The van der Waals surface area contributed by atoms with Gasteiger partial charge in [0.05, 0.1) is 38.2 Å². The van der Waals surface area contributed by atoms with E-state index in [1.54, 1.807) is 0 Å². The van der Waals surface area contributed by atoms with Crippen LogP contribution in [0.2, 0.25) is 0 Å². The summed E-state index contributed by atoms with van der Waals surface area (Å²) in [6.07, 6.45) is 4.39. The van der Waals surface area contributed by atoms with E-state index in [4.69, 9.17) is 14.2 Å². The topological polar surface area (TPSA) is 47.1 Å². The molecule has 1 aromatic heterocycles. The van der Waals surface area contributed by atoms with Gasteiger partial charge in [0.2, 0.25) is 0 Å². The molecule has 0 unspecified atom stereocenters. The van der Waals surface area contributed by atoms with Gasteiger partial charge >= 0.3 is 0 Å². The van der Waals surface area contributed by atoms with Crippen LogP contribution in [-0.2, 0) is 20.8 Å². The molecule has 3 saturated heterocycles. The van der Waals surface area contributed by atoms with Crippen LogP contribution in [0.3, 0.4) is 0 Å². The minimum Gasteiger partial charge on any atom is -0.379 e. The third-order valence-electron chi connectivity index (χ3n) is 5.44. The molecule has 4 rings (SSSR count). The molecule has 25 heavy (non-hydrogen) atoms. The van der Waals surface area contributed by atoms with Crippen molar-refractivity contribution in [1.29, 1.82) is 0 Å². The van der Waals surface area contributed by atoms with Crippen molar-refractivity contribution >= 4 is 0 Å². The number of hydrogen-bond donors (Lipinski definition) is 0. The first-order valence-corrected chi connectivity index (χ1v) is 9.49. The molecule has 0 amide bonds. The van der Waals surface area contributed by atoms with E-state index in [1.165, 1.54) is 0 Å². The molecule has 1 aromatic rings. The summed E-state index contributed by atoms with van der Waals surface area (Å²) in [7, 11) is 0. The van der Waals surface area contributed by atoms with Crippen LogP contribution in [-0.4, -0.2) is 85.6 Å². The molecule has 6 nitrogen and oxygen atoms in total. The van der Waals surface area contributed by atoms with Gasteiger partial charge in [-0.15, -0.1) is 0 Å². The lowest BCUT2D eigenvalue weighted by molar-refractivity contribution is -0.0967. The van der Waals surface area contributed by atoms with Crippen molar-refractivity contribution in [1.82, 2.24) is 14.8 Å². The molecule has 3 fully saturated rings. The Kier molecular flexibility index (Phi) is 5.63. The molecular weight excluding hydrogens is 318 g/mol. The Morgan fingerprint density at radius 1 is 1.08 bits per heavy atom. The summed E-state index contributed by atoms with van der Waals surface area (Å²) in [6, 6.07) is 6.11. The van der Waals surface area contributed by atoms with Gasteiger partial charge in [0.1, 0.15) is 5.60 Å². The summed E-state index contributed by atoms with van der Waals surface area (Å²) >= 11 is 0. The smallest absolute Gasteiger partial charge is 0.105 e. The molecule has 3 aliphatic heterocycles. The number of pyridine rings is 1. The summed E-state index contributed by atoms with van der Waals surface area (Å²) in [5, 5.41) is 0. The van der Waals surface area contributed by atoms with Crippen LogP contribution in [0.15, 0.2) is 24.4 Å². The zero-order valence-corrected chi connectivity index (χ0v) is 14.9. The SMILES string of the molecule is c1ccc(CN2CCOC[C@]3(CC[C@H](CN4CCOCC4)O3)C2)nc1. The summed E-state index contributed by atoms with van der Waals surface area (Å²) in [5.74, 6) is 0. The van der Waals surface area contributed by atoms with Crippen LogP contribution < -0.4 is 0 Å². The molecule has 0 bridgehead atoms. The highest BCUT2D eigenvalue weighted by Crippen LogP contribution is 2.33. The minimum absolute atomic E-state index is 0.151. The Morgan fingerprint density at radius 3 is 2.76 bits per heavy atom. The van der Waals surface area contributed by atoms with Crippen molar-refractivity contribution in [3.8, 4) is 0 Å². The highest BCUT2D eigenvalue weighted by atomic mass is 16.6. The summed E-state index contributed by atoms with van der Waals surface area (Å²) < 4.78 is 17.9. The Labute approximate surface area is 150 Å². The highest BCUT2D eigenvalue weighted by molar-refractivity contribution is 5.04. The first-order chi connectivity index (χ1) is 12.3. The second-order valence-corrected chi connectivity index (χ2v) is 7.46. The van der Waals surface area contributed by atoms with E-state index in [-0.39, 0.29) is 5.60 Å². The van der Waals surface area contributed by atoms with Gasteiger partial charge in [0, 0.05) is 45.5 Å². The molecule has 2 atom stereocenters. The molecule has 0 aromatic carbocycles. The first kappa shape index (κ1) is 17.4. The van der Waals surface area contributed by atoms with Gasteiger partial charge in [0.25, 0.3) is 0 Å². The molecule has 6 heteroatoms. The monoisotopic (exact) mass is 347 g/mol. The molecule has 3 aliphatic rings. The normalized spacial score (nSPS) is 32.1. The molecule has 4 heterocycles. The fraction of sp³-hybridized carbons (Fsp3) is 0.737. The molecule has 138 valence electrons. The van der Waals surface area contributed by atoms with Gasteiger partial charge in [-0.05, 0) is 25.0 Å². The van der Waals surface area contributed by atoms with Crippen molar-refractivity contribution in [2.24, 2.45) is 0 Å². The average molecular weight is 347 g/mol. The van der Waals surface area contributed by atoms with Gasteiger partial charge in [-0.25, -0.2) is 0 Å². The maximum atomic E-state index is 6.57. The van der Waals surface area contributed by atoms with Gasteiger partial charge in [-0.3, -0.25) is 14.8 Å². The molecular formula is C19H29N3O3.